The molecule has 0 fully saturated rings. The first-order valence-corrected chi connectivity index (χ1v) is 10.2. The van der Waals surface area contributed by atoms with Crippen molar-refractivity contribution in [3.05, 3.63) is 36.4 Å². The molecule has 9 heteroatoms. The van der Waals surface area contributed by atoms with Gasteiger partial charge in [-0.15, -0.1) is 11.3 Å². The summed E-state index contributed by atoms with van der Waals surface area (Å²) in [6.07, 6.45) is 0. The first-order valence-electron chi connectivity index (χ1n) is 4.78. The Kier molecular flexibility index (Phi) is 3.95. The van der Waals surface area contributed by atoms with E-state index in [2.05, 4.69) is 0 Å². The number of hydrogen-bond acceptors (Lipinski definition) is 5. The van der Waals surface area contributed by atoms with Crippen molar-refractivity contribution < 1.29 is 16.8 Å². The Morgan fingerprint density at radius 3 is 1.95 bits per heavy atom. The van der Waals surface area contributed by atoms with E-state index in [1.807, 2.05) is 0 Å². The predicted molar refractivity (Wildman–Crippen MR) is 75.8 cm³/mol. The van der Waals surface area contributed by atoms with Gasteiger partial charge in [0.15, 0.2) is 0 Å². The maximum absolute atomic E-state index is 11.5. The minimum Gasteiger partial charge on any atom is -0.206 e. The summed E-state index contributed by atoms with van der Waals surface area (Å²) < 4.78 is 45.1. The largest absolute Gasteiger partial charge is 0.271 e. The van der Waals surface area contributed by atoms with Crippen molar-refractivity contribution in [3.8, 4) is 11.1 Å². The van der Waals surface area contributed by atoms with Crippen molar-refractivity contribution in [2.75, 3.05) is 0 Å². The number of thiophene rings is 1. The van der Waals surface area contributed by atoms with Gasteiger partial charge in [-0.25, -0.2) is 16.8 Å². The van der Waals surface area contributed by atoms with Gasteiger partial charge in [0.05, 0.1) is 0 Å². The van der Waals surface area contributed by atoms with Crippen molar-refractivity contribution in [2.45, 2.75) is 8.42 Å². The fourth-order valence-corrected chi connectivity index (χ4v) is 5.24. The van der Waals surface area contributed by atoms with Crippen LogP contribution in [-0.2, 0) is 18.1 Å². The van der Waals surface area contributed by atoms with Crippen molar-refractivity contribution in [1.29, 1.82) is 0 Å². The Balaban J connectivity index is 2.77. The normalized spacial score (nSPS) is 12.5. The molecule has 0 N–H and O–H groups in total. The molecule has 1 aromatic heterocycles. The topological polar surface area (TPSA) is 68.3 Å². The monoisotopic (exact) mass is 356 g/mol. The van der Waals surface area contributed by atoms with Crippen LogP contribution in [0.5, 0.6) is 0 Å². The molecule has 0 unspecified atom stereocenters. The van der Waals surface area contributed by atoms with E-state index in [0.717, 1.165) is 0 Å². The molecule has 0 aliphatic heterocycles. The van der Waals surface area contributed by atoms with Crippen LogP contribution in [0.4, 0.5) is 0 Å². The molecule has 102 valence electrons. The van der Waals surface area contributed by atoms with Gasteiger partial charge in [-0.3, -0.25) is 0 Å². The second-order valence-electron chi connectivity index (χ2n) is 3.51. The lowest BCUT2D eigenvalue weighted by Gasteiger charge is -1.99. The summed E-state index contributed by atoms with van der Waals surface area (Å²) in [5.41, 5.74) is 0.768. The Bertz CT molecular complexity index is 808. The van der Waals surface area contributed by atoms with E-state index in [-0.39, 0.29) is 14.0 Å². The number of halogens is 2. The summed E-state index contributed by atoms with van der Waals surface area (Å²) in [6.45, 7) is 0. The smallest absolute Gasteiger partial charge is 0.206 e. The minimum atomic E-state index is -4.05. The average Bonchev–Trinajstić information content (AvgIpc) is 2.74. The Morgan fingerprint density at radius 1 is 0.895 bits per heavy atom. The van der Waals surface area contributed by atoms with E-state index in [1.165, 1.54) is 6.07 Å². The molecular formula is C10H6Cl2O4S3. The maximum atomic E-state index is 11.5. The van der Waals surface area contributed by atoms with Crippen molar-refractivity contribution >= 4 is 50.8 Å². The van der Waals surface area contributed by atoms with Gasteiger partial charge in [-0.05, 0) is 11.6 Å². The molecule has 0 spiro atoms. The highest BCUT2D eigenvalue weighted by Crippen LogP contribution is 2.39. The highest BCUT2D eigenvalue weighted by molar-refractivity contribution is 8.17. The van der Waals surface area contributed by atoms with E-state index in [4.69, 9.17) is 21.4 Å². The lowest BCUT2D eigenvalue weighted by Crippen LogP contribution is -1.88. The molecule has 19 heavy (non-hydrogen) atoms. The van der Waals surface area contributed by atoms with Crippen LogP contribution in [0, 0.1) is 0 Å². The number of hydrogen-bond donors (Lipinski definition) is 0. The molecule has 0 saturated heterocycles. The highest BCUT2D eigenvalue weighted by atomic mass is 35.7. The molecule has 1 heterocycles. The third kappa shape index (κ3) is 3.29. The van der Waals surface area contributed by atoms with Crippen molar-refractivity contribution in [2.24, 2.45) is 0 Å². The zero-order chi connectivity index (χ0) is 14.3. The summed E-state index contributed by atoms with van der Waals surface area (Å²) in [5.74, 6) is 0. The van der Waals surface area contributed by atoms with E-state index in [0.29, 0.717) is 16.9 Å². The summed E-state index contributed by atoms with van der Waals surface area (Å²) in [6, 6.07) is 9.66. The third-order valence-corrected chi connectivity index (χ3v) is 7.53. The standard InChI is InChI=1S/C10H6Cl2O4S3/c11-18(13,14)9-6-8(7-4-2-1-3-5-7)10(17-9)19(12,15)16/h1-6H. The lowest BCUT2D eigenvalue weighted by molar-refractivity contribution is 0.610. The van der Waals surface area contributed by atoms with Crippen LogP contribution in [0.1, 0.15) is 0 Å². The first kappa shape index (κ1) is 14.8. The second-order valence-corrected chi connectivity index (χ2v) is 10.1. The summed E-state index contributed by atoms with van der Waals surface area (Å²) >= 11 is 0.528. The zero-order valence-electron chi connectivity index (χ0n) is 9.08. The molecule has 0 atom stereocenters. The van der Waals surface area contributed by atoms with Gasteiger partial charge in [0.25, 0.3) is 18.1 Å². The second kappa shape index (κ2) is 5.06. The van der Waals surface area contributed by atoms with Crippen LogP contribution in [0.15, 0.2) is 44.8 Å². The maximum Gasteiger partial charge on any atom is 0.271 e. The molecule has 0 amide bonds. The van der Waals surface area contributed by atoms with E-state index < -0.39 is 18.1 Å². The van der Waals surface area contributed by atoms with Gasteiger partial charge in [0.2, 0.25) is 0 Å². The van der Waals surface area contributed by atoms with Crippen LogP contribution in [0.25, 0.3) is 11.1 Å². The van der Waals surface area contributed by atoms with E-state index >= 15 is 0 Å². The average molecular weight is 357 g/mol. The third-order valence-electron chi connectivity index (χ3n) is 2.22. The summed E-state index contributed by atoms with van der Waals surface area (Å²) in [7, 11) is 2.49. The predicted octanol–water partition coefficient (Wildman–Crippen LogP) is 3.27. The molecule has 0 aliphatic carbocycles. The Labute approximate surface area is 123 Å². The Hall–Kier alpha value is -0.600. The van der Waals surface area contributed by atoms with Gasteiger partial charge < -0.3 is 0 Å². The van der Waals surface area contributed by atoms with Crippen molar-refractivity contribution in [3.63, 3.8) is 0 Å². The van der Waals surface area contributed by atoms with Crippen LogP contribution < -0.4 is 0 Å². The lowest BCUT2D eigenvalue weighted by atomic mass is 10.1. The number of rotatable bonds is 3. The molecule has 0 radical (unpaired) electrons. The van der Waals surface area contributed by atoms with Crippen LogP contribution in [0.3, 0.4) is 0 Å². The van der Waals surface area contributed by atoms with Crippen LogP contribution in [0.2, 0.25) is 0 Å². The number of benzene rings is 1. The fraction of sp³-hybridized carbons (Fsp3) is 0. The van der Waals surface area contributed by atoms with E-state index in [9.17, 15) is 16.8 Å². The summed E-state index contributed by atoms with van der Waals surface area (Å²) in [5, 5.41) is 0. The van der Waals surface area contributed by atoms with Gasteiger partial charge in [-0.1, -0.05) is 30.3 Å². The summed E-state index contributed by atoms with van der Waals surface area (Å²) in [4.78, 5) is 0. The van der Waals surface area contributed by atoms with Crippen molar-refractivity contribution in [1.82, 2.24) is 0 Å². The van der Waals surface area contributed by atoms with Gasteiger partial charge in [0.1, 0.15) is 8.42 Å². The molecule has 1 aromatic carbocycles. The molecule has 2 rings (SSSR count). The van der Waals surface area contributed by atoms with Gasteiger partial charge >= 0.3 is 0 Å². The minimum absolute atomic E-state index is 0.222. The van der Waals surface area contributed by atoms with Crippen LogP contribution in [-0.4, -0.2) is 16.8 Å². The molecule has 0 saturated carbocycles. The van der Waals surface area contributed by atoms with Crippen LogP contribution >= 0.6 is 32.7 Å². The quantitative estimate of drug-likeness (QED) is 0.791. The molecule has 2 aromatic rings. The molecule has 0 aliphatic rings. The molecule has 0 bridgehead atoms. The zero-order valence-corrected chi connectivity index (χ0v) is 13.0. The van der Waals surface area contributed by atoms with Gasteiger partial charge in [-0.2, -0.15) is 0 Å². The SMILES string of the molecule is O=S(=O)(Cl)c1cc(-c2ccccc2)c(S(=O)(=O)Cl)s1. The molecule has 4 nitrogen and oxygen atoms in total. The first-order chi connectivity index (χ1) is 8.69. The highest BCUT2D eigenvalue weighted by Gasteiger charge is 2.25. The fourth-order valence-electron chi connectivity index (χ4n) is 1.47. The Morgan fingerprint density at radius 2 is 1.47 bits per heavy atom. The van der Waals surface area contributed by atoms with E-state index in [1.54, 1.807) is 30.3 Å². The molecular weight excluding hydrogens is 351 g/mol. The van der Waals surface area contributed by atoms with Gasteiger partial charge in [0, 0.05) is 26.9 Å².